The van der Waals surface area contributed by atoms with Crippen LogP contribution >= 0.6 is 11.8 Å². The van der Waals surface area contributed by atoms with Crippen molar-refractivity contribution < 1.29 is 38.4 Å². The number of tetrazole rings is 1. The third-order valence-corrected chi connectivity index (χ3v) is 11.5. The van der Waals surface area contributed by atoms with Gasteiger partial charge < -0.3 is 39.3 Å². The number of benzene rings is 5. The number of carboxylic acids is 1. The molecule has 3 aromatic heterocycles. The lowest BCUT2D eigenvalue weighted by Crippen LogP contribution is -2.26. The minimum atomic E-state index is -0.833. The molecule has 8 aromatic rings. The molecule has 5 aromatic carbocycles. The van der Waals surface area contributed by atoms with E-state index in [1.807, 2.05) is 67.6 Å². The van der Waals surface area contributed by atoms with Gasteiger partial charge in [-0.25, -0.2) is 19.6 Å². The number of aromatic amines is 3. The van der Waals surface area contributed by atoms with Gasteiger partial charge in [-0.2, -0.15) is 5.21 Å². The van der Waals surface area contributed by atoms with Gasteiger partial charge in [-0.1, -0.05) is 67.6 Å². The number of nitrogens with one attached hydrogen (secondary N) is 4. The fourth-order valence-corrected chi connectivity index (χ4v) is 8.39. The van der Waals surface area contributed by atoms with E-state index >= 15 is 0 Å². The van der Waals surface area contributed by atoms with Crippen molar-refractivity contribution in [2.75, 3.05) is 13.7 Å². The summed E-state index contributed by atoms with van der Waals surface area (Å²) in [5.74, 6) is 2.41. The number of amides is 1. The van der Waals surface area contributed by atoms with Crippen molar-refractivity contribution in [3.8, 4) is 39.8 Å². The second-order valence-electron chi connectivity index (χ2n) is 15.3. The van der Waals surface area contributed by atoms with Crippen LogP contribution in [0.3, 0.4) is 0 Å². The molecule has 3 heterocycles. The van der Waals surface area contributed by atoms with Crippen LogP contribution in [0.5, 0.6) is 17.2 Å². The maximum atomic E-state index is 13.4. The van der Waals surface area contributed by atoms with Gasteiger partial charge in [-0.3, -0.25) is 4.79 Å². The van der Waals surface area contributed by atoms with E-state index in [-0.39, 0.29) is 18.4 Å². The number of hydrogen-bond acceptors (Lipinski definition) is 13. The van der Waals surface area contributed by atoms with E-state index in [0.29, 0.717) is 47.4 Å². The summed E-state index contributed by atoms with van der Waals surface area (Å²) in [6, 6.07) is 36.7. The molecule has 0 aliphatic heterocycles. The van der Waals surface area contributed by atoms with Crippen molar-refractivity contribution in [3.63, 3.8) is 0 Å². The smallest absolute Gasteiger partial charge is 0.412 e. The molecule has 8 rings (SSSR count). The summed E-state index contributed by atoms with van der Waals surface area (Å²) in [6.07, 6.45) is 1.21. The maximum absolute atomic E-state index is 13.4. The van der Waals surface area contributed by atoms with Crippen molar-refractivity contribution in [1.29, 1.82) is 0 Å². The number of hydrogen-bond donors (Lipinski definition) is 5. The molecule has 0 saturated carbocycles. The van der Waals surface area contributed by atoms with Crippen LogP contribution in [-0.2, 0) is 28.9 Å². The molecule has 18 heteroatoms. The second-order valence-corrected chi connectivity index (χ2v) is 16.6. The zero-order chi connectivity index (χ0) is 48.0. The molecule has 350 valence electrons. The molecule has 0 bridgehead atoms. The van der Waals surface area contributed by atoms with Gasteiger partial charge in [0.2, 0.25) is 5.82 Å². The van der Waals surface area contributed by atoms with Gasteiger partial charge in [0, 0.05) is 30.3 Å². The number of fused-ring (bicyclic) bond motifs is 1. The topological polar surface area (TPSA) is 232 Å². The summed E-state index contributed by atoms with van der Waals surface area (Å²) in [4.78, 5) is 52.2. The molecular weight excluding hydrogens is 887 g/mol. The van der Waals surface area contributed by atoms with Gasteiger partial charge in [-0.15, -0.1) is 22.0 Å². The number of H-pyrrole nitrogens is 3. The molecule has 0 aliphatic carbocycles. The first-order valence-corrected chi connectivity index (χ1v) is 22.8. The highest BCUT2D eigenvalue weighted by molar-refractivity contribution is 7.99. The van der Waals surface area contributed by atoms with E-state index in [4.69, 9.17) is 38.8 Å². The predicted octanol–water partition coefficient (Wildman–Crippen LogP) is 9.87. The number of aromatic nitrogens is 8. The number of methoxy groups -OCH3 is 1. The van der Waals surface area contributed by atoms with E-state index in [1.165, 1.54) is 0 Å². The lowest BCUT2D eigenvalue weighted by atomic mass is 9.97. The summed E-state index contributed by atoms with van der Waals surface area (Å²) in [5, 5.41) is 24.6. The monoisotopic (exact) mass is 937 g/mol. The summed E-state index contributed by atoms with van der Waals surface area (Å²) >= 11 is 1.64. The van der Waals surface area contributed by atoms with E-state index in [1.54, 1.807) is 50.1 Å². The van der Waals surface area contributed by atoms with Crippen LogP contribution < -0.4 is 19.5 Å². The summed E-state index contributed by atoms with van der Waals surface area (Å²) < 4.78 is 22.3. The Balaban J connectivity index is 0.00000165. The minimum Gasteiger partial charge on any atom is -0.497 e. The number of carbonyl (C=O) groups excluding carboxylic acids is 2. The minimum absolute atomic E-state index is 0.227. The Bertz CT molecular complexity index is 2920. The van der Waals surface area contributed by atoms with Gasteiger partial charge >= 0.3 is 12.1 Å². The Morgan fingerprint density at radius 1 is 0.824 bits per heavy atom. The molecule has 0 fully saturated rings. The predicted molar refractivity (Wildman–Crippen MR) is 257 cm³/mol. The number of aliphatic carboxylic acids is 1. The summed E-state index contributed by atoms with van der Waals surface area (Å²) in [6.45, 7) is 7.42. The van der Waals surface area contributed by atoms with Crippen molar-refractivity contribution >= 4 is 40.8 Å². The molecule has 1 amide bonds. The number of ether oxygens (including phenoxy) is 4. The summed E-state index contributed by atoms with van der Waals surface area (Å²) in [7, 11) is 1.58. The maximum Gasteiger partial charge on any atom is 0.412 e. The van der Waals surface area contributed by atoms with Crippen LogP contribution in [-0.4, -0.2) is 77.4 Å². The summed E-state index contributed by atoms with van der Waals surface area (Å²) in [5.41, 5.74) is 7.51. The van der Waals surface area contributed by atoms with Crippen LogP contribution in [0, 0.1) is 0 Å². The van der Waals surface area contributed by atoms with Crippen molar-refractivity contribution in [1.82, 2.24) is 45.9 Å². The number of nitrogens with zero attached hydrogens (tertiary/aromatic N) is 5. The fourth-order valence-electron chi connectivity index (χ4n) is 7.17. The lowest BCUT2D eigenvalue weighted by molar-refractivity contribution is -0.134. The Morgan fingerprint density at radius 2 is 1.51 bits per heavy atom. The zero-order valence-corrected chi connectivity index (χ0v) is 38.9. The molecule has 0 radical (unpaired) electrons. The number of carboxylic acid groups (broad SMARTS) is 1. The van der Waals surface area contributed by atoms with Gasteiger partial charge in [0.05, 0.1) is 35.7 Å². The molecule has 68 heavy (non-hydrogen) atoms. The van der Waals surface area contributed by atoms with Crippen molar-refractivity contribution in [2.45, 2.75) is 69.8 Å². The van der Waals surface area contributed by atoms with Crippen LogP contribution in [0.15, 0.2) is 120 Å². The van der Waals surface area contributed by atoms with Crippen molar-refractivity contribution in [2.24, 2.45) is 0 Å². The number of aryl methyl sites for hydroxylation is 1. The number of thioether (sulfide) groups is 1. The number of esters is 1. The van der Waals surface area contributed by atoms with E-state index in [0.717, 1.165) is 68.6 Å². The van der Waals surface area contributed by atoms with Gasteiger partial charge in [0.15, 0.2) is 11.8 Å². The number of imidazole rings is 2. The molecular formula is C50H51N9O8S. The standard InChI is InChI=1S/C48H47N9O6S.C2H4O2/c1-5-9-42-52-43(44(53-42)47(58)61-6-2)41(26-30-12-16-32(17-13-30)37-10-7-8-11-38(37)46-54-56-57-55-46)64-36-24-25-39-40(27-36)51-45(50-39)29(3)62-34-18-14-31(15-19-34)28-49-48(59)63-35-22-20-33(60-4)21-23-35;1-2(3)4/h7-8,10-25,27,29,41H,5-6,9,26,28H2,1-4H3,(H,49,59)(H,50,51)(H,52,53)(H,54,55,56,57);1H3,(H,3,4). The van der Waals surface area contributed by atoms with Crippen LogP contribution in [0.4, 0.5) is 4.79 Å². The Hall–Kier alpha value is -7.99. The molecule has 17 nitrogen and oxygen atoms in total. The van der Waals surface area contributed by atoms with Crippen LogP contribution in [0.2, 0.25) is 0 Å². The highest BCUT2D eigenvalue weighted by Crippen LogP contribution is 2.40. The SMILES string of the molecule is CC(=O)O.CCCc1nc(C(=O)OCC)c(C(Cc2ccc(-c3ccccc3-c3nn[nH]n3)cc2)Sc2ccc3nc(C(C)Oc4ccc(CNC(=O)Oc5ccc(OC)cc5)cc4)[nH]c3c2)[nH]1. The average Bonchev–Trinajstić information content (AvgIpc) is 4.13. The van der Waals surface area contributed by atoms with Gasteiger partial charge in [0.1, 0.15) is 28.9 Å². The first kappa shape index (κ1) is 48.0. The van der Waals surface area contributed by atoms with Crippen LogP contribution in [0.1, 0.15) is 84.4 Å². The Kier molecular flexibility index (Phi) is 16.2. The third kappa shape index (κ3) is 12.7. The highest BCUT2D eigenvalue weighted by Gasteiger charge is 2.27. The van der Waals surface area contributed by atoms with Gasteiger partial charge in [-0.05, 0) is 109 Å². The fraction of sp³-hybridized carbons (Fsp3) is 0.240. The molecule has 0 spiro atoms. The molecule has 5 N–H and O–H groups in total. The quantitative estimate of drug-likeness (QED) is 0.0398. The molecule has 2 unspecified atom stereocenters. The molecule has 2 atom stereocenters. The lowest BCUT2D eigenvalue weighted by Gasteiger charge is -2.17. The van der Waals surface area contributed by atoms with E-state index < -0.39 is 24.1 Å². The Labute approximate surface area is 396 Å². The number of carbonyl (C=O) groups is 3. The van der Waals surface area contributed by atoms with Crippen LogP contribution in [0.25, 0.3) is 33.5 Å². The third-order valence-electron chi connectivity index (χ3n) is 10.3. The first-order valence-electron chi connectivity index (χ1n) is 21.9. The second kappa shape index (κ2) is 23.0. The van der Waals surface area contributed by atoms with E-state index in [2.05, 4.69) is 73.2 Å². The molecule has 0 saturated heterocycles. The van der Waals surface area contributed by atoms with Crippen molar-refractivity contribution in [3.05, 3.63) is 149 Å². The highest BCUT2D eigenvalue weighted by atomic mass is 32.2. The Morgan fingerprint density at radius 3 is 2.19 bits per heavy atom. The average molecular weight is 938 g/mol. The first-order chi connectivity index (χ1) is 33.0. The van der Waals surface area contributed by atoms with Gasteiger partial charge in [0.25, 0.3) is 5.97 Å². The normalized spacial score (nSPS) is 11.8. The zero-order valence-electron chi connectivity index (χ0n) is 38.1. The number of rotatable bonds is 18. The largest absolute Gasteiger partial charge is 0.497 e. The molecule has 0 aliphatic rings. The van der Waals surface area contributed by atoms with E-state index in [9.17, 15) is 9.59 Å².